The largest absolute Gasteiger partial charge is 0.352 e. The molecule has 130 valence electrons. The molecule has 3 amide bonds. The fourth-order valence-corrected chi connectivity index (χ4v) is 4.95. The summed E-state index contributed by atoms with van der Waals surface area (Å²) in [5, 5.41) is 2.67. The SMILES string of the molecule is NC(=O)NCC1CCCCN1C(=O)C1CC2CCCC(C1)C2N. The minimum atomic E-state index is -0.513. The number of nitrogens with one attached hydrogen (secondary N) is 1. The second-order valence-corrected chi connectivity index (χ2v) is 7.62. The molecule has 1 aliphatic heterocycles. The zero-order chi connectivity index (χ0) is 16.4. The smallest absolute Gasteiger partial charge is 0.312 e. The minimum Gasteiger partial charge on any atom is -0.352 e. The molecule has 3 atom stereocenters. The maximum absolute atomic E-state index is 13.1. The van der Waals surface area contributed by atoms with Crippen LogP contribution in [0.15, 0.2) is 0 Å². The number of nitrogens with two attached hydrogens (primary N) is 2. The molecule has 1 saturated heterocycles. The Labute approximate surface area is 138 Å². The predicted molar refractivity (Wildman–Crippen MR) is 88.5 cm³/mol. The van der Waals surface area contributed by atoms with Gasteiger partial charge in [0.25, 0.3) is 0 Å². The van der Waals surface area contributed by atoms with Crippen LogP contribution in [-0.4, -0.2) is 42.0 Å². The number of urea groups is 1. The lowest BCUT2D eigenvalue weighted by Crippen LogP contribution is -2.54. The first-order chi connectivity index (χ1) is 11.1. The fourth-order valence-electron chi connectivity index (χ4n) is 4.95. The molecule has 0 aromatic carbocycles. The molecular formula is C17H30N4O2. The Morgan fingerprint density at radius 1 is 1.04 bits per heavy atom. The van der Waals surface area contributed by atoms with Crippen molar-refractivity contribution in [2.45, 2.75) is 63.5 Å². The second-order valence-electron chi connectivity index (χ2n) is 7.62. The van der Waals surface area contributed by atoms with Crippen LogP contribution < -0.4 is 16.8 Å². The van der Waals surface area contributed by atoms with E-state index in [2.05, 4.69) is 5.32 Å². The number of likely N-dealkylation sites (tertiary alicyclic amines) is 1. The number of amides is 3. The molecule has 6 nitrogen and oxygen atoms in total. The summed E-state index contributed by atoms with van der Waals surface area (Å²) < 4.78 is 0. The predicted octanol–water partition coefficient (Wildman–Crippen LogP) is 1.19. The number of rotatable bonds is 3. The van der Waals surface area contributed by atoms with Crippen molar-refractivity contribution in [1.82, 2.24) is 10.2 Å². The highest BCUT2D eigenvalue weighted by atomic mass is 16.2. The highest BCUT2D eigenvalue weighted by Gasteiger charge is 2.42. The average Bonchev–Trinajstić information content (AvgIpc) is 2.52. The first-order valence-electron chi connectivity index (χ1n) is 9.15. The third-order valence-corrected chi connectivity index (χ3v) is 6.18. The van der Waals surface area contributed by atoms with Crippen LogP contribution in [0.4, 0.5) is 4.79 Å². The molecule has 0 aromatic heterocycles. The van der Waals surface area contributed by atoms with Crippen LogP contribution in [0, 0.1) is 17.8 Å². The molecule has 2 bridgehead atoms. The van der Waals surface area contributed by atoms with Gasteiger partial charge in [0.1, 0.15) is 0 Å². The van der Waals surface area contributed by atoms with Gasteiger partial charge in [-0.05, 0) is 56.8 Å². The summed E-state index contributed by atoms with van der Waals surface area (Å²) in [6, 6.07) is -0.123. The molecule has 2 aliphatic carbocycles. The van der Waals surface area contributed by atoms with Crippen LogP contribution >= 0.6 is 0 Å². The van der Waals surface area contributed by atoms with Gasteiger partial charge in [-0.25, -0.2) is 4.79 Å². The topological polar surface area (TPSA) is 101 Å². The average molecular weight is 322 g/mol. The van der Waals surface area contributed by atoms with Crippen LogP contribution in [0.5, 0.6) is 0 Å². The maximum atomic E-state index is 13.1. The number of primary amides is 1. The summed E-state index contributed by atoms with van der Waals surface area (Å²) in [5.74, 6) is 1.44. The quantitative estimate of drug-likeness (QED) is 0.727. The maximum Gasteiger partial charge on any atom is 0.312 e. The van der Waals surface area contributed by atoms with Gasteiger partial charge in [0, 0.05) is 31.1 Å². The number of nitrogens with zero attached hydrogens (tertiary/aromatic N) is 1. The number of hydrogen-bond donors (Lipinski definition) is 3. The van der Waals surface area contributed by atoms with Gasteiger partial charge in [0.05, 0.1) is 0 Å². The van der Waals surface area contributed by atoms with Gasteiger partial charge in [0.15, 0.2) is 0 Å². The van der Waals surface area contributed by atoms with E-state index in [1.54, 1.807) is 0 Å². The van der Waals surface area contributed by atoms with Crippen molar-refractivity contribution in [1.29, 1.82) is 0 Å². The van der Waals surface area contributed by atoms with Crippen molar-refractivity contribution in [3.05, 3.63) is 0 Å². The van der Waals surface area contributed by atoms with Crippen LogP contribution in [-0.2, 0) is 4.79 Å². The Hall–Kier alpha value is -1.30. The van der Waals surface area contributed by atoms with Crippen molar-refractivity contribution in [3.63, 3.8) is 0 Å². The van der Waals surface area contributed by atoms with E-state index in [0.29, 0.717) is 24.4 Å². The number of piperidine rings is 1. The molecular weight excluding hydrogens is 292 g/mol. The van der Waals surface area contributed by atoms with Crippen LogP contribution in [0.2, 0.25) is 0 Å². The number of fused-ring (bicyclic) bond motifs is 2. The van der Waals surface area contributed by atoms with Crippen molar-refractivity contribution in [2.75, 3.05) is 13.1 Å². The van der Waals surface area contributed by atoms with Gasteiger partial charge < -0.3 is 21.7 Å². The molecule has 3 fully saturated rings. The Bertz CT molecular complexity index is 442. The van der Waals surface area contributed by atoms with Gasteiger partial charge in [0.2, 0.25) is 5.91 Å². The molecule has 0 radical (unpaired) electrons. The highest BCUT2D eigenvalue weighted by Crippen LogP contribution is 2.42. The first-order valence-corrected chi connectivity index (χ1v) is 9.15. The van der Waals surface area contributed by atoms with Gasteiger partial charge >= 0.3 is 6.03 Å². The molecule has 3 rings (SSSR count). The molecule has 23 heavy (non-hydrogen) atoms. The summed E-state index contributed by atoms with van der Waals surface area (Å²) in [4.78, 5) is 26.1. The molecule has 2 saturated carbocycles. The molecule has 3 aliphatic rings. The van der Waals surface area contributed by atoms with Crippen LogP contribution in [0.1, 0.15) is 51.4 Å². The zero-order valence-corrected chi connectivity index (χ0v) is 13.9. The van der Waals surface area contributed by atoms with Crippen LogP contribution in [0.3, 0.4) is 0 Å². The standard InChI is InChI=1S/C17H30N4O2/c18-15-11-4-3-5-12(15)9-13(8-11)16(22)21-7-2-1-6-14(21)10-20-17(19)23/h11-15H,1-10,18H2,(H3,19,20,23). The Morgan fingerprint density at radius 3 is 2.39 bits per heavy atom. The molecule has 0 aromatic rings. The van der Waals surface area contributed by atoms with E-state index in [1.807, 2.05) is 4.90 Å². The van der Waals surface area contributed by atoms with Gasteiger partial charge in [-0.3, -0.25) is 4.79 Å². The first kappa shape index (κ1) is 16.6. The molecule has 3 unspecified atom stereocenters. The van der Waals surface area contributed by atoms with Gasteiger partial charge in [-0.1, -0.05) is 6.42 Å². The van der Waals surface area contributed by atoms with E-state index < -0.39 is 6.03 Å². The summed E-state index contributed by atoms with van der Waals surface area (Å²) in [6.45, 7) is 1.28. The van der Waals surface area contributed by atoms with Crippen LogP contribution in [0.25, 0.3) is 0 Å². The Morgan fingerprint density at radius 2 is 1.74 bits per heavy atom. The summed E-state index contributed by atoms with van der Waals surface area (Å²) in [7, 11) is 0. The van der Waals surface area contributed by atoms with E-state index in [1.165, 1.54) is 19.3 Å². The minimum absolute atomic E-state index is 0.0965. The Kier molecular flexibility index (Phi) is 5.09. The summed E-state index contributed by atoms with van der Waals surface area (Å²) >= 11 is 0. The third-order valence-electron chi connectivity index (χ3n) is 6.18. The molecule has 1 heterocycles. The molecule has 6 heteroatoms. The fraction of sp³-hybridized carbons (Fsp3) is 0.882. The second kappa shape index (κ2) is 7.07. The lowest BCUT2D eigenvalue weighted by Gasteiger charge is -2.46. The van der Waals surface area contributed by atoms with Crippen molar-refractivity contribution < 1.29 is 9.59 Å². The zero-order valence-electron chi connectivity index (χ0n) is 13.9. The lowest BCUT2D eigenvalue weighted by atomic mass is 9.64. The Balaban J connectivity index is 1.64. The van der Waals surface area contributed by atoms with Crippen molar-refractivity contribution in [3.8, 4) is 0 Å². The van der Waals surface area contributed by atoms with E-state index >= 15 is 0 Å². The van der Waals surface area contributed by atoms with E-state index in [9.17, 15) is 9.59 Å². The highest BCUT2D eigenvalue weighted by molar-refractivity contribution is 5.79. The van der Waals surface area contributed by atoms with Gasteiger partial charge in [-0.2, -0.15) is 0 Å². The molecule has 5 N–H and O–H groups in total. The van der Waals surface area contributed by atoms with E-state index in [-0.39, 0.29) is 17.9 Å². The summed E-state index contributed by atoms with van der Waals surface area (Å²) in [5.41, 5.74) is 11.5. The number of hydrogen-bond acceptors (Lipinski definition) is 3. The number of carbonyl (C=O) groups is 2. The lowest BCUT2D eigenvalue weighted by molar-refractivity contribution is -0.142. The summed E-state index contributed by atoms with van der Waals surface area (Å²) in [6.07, 6.45) is 8.62. The number of carbonyl (C=O) groups excluding carboxylic acids is 2. The van der Waals surface area contributed by atoms with Crippen molar-refractivity contribution in [2.24, 2.45) is 29.2 Å². The molecule has 0 spiro atoms. The van der Waals surface area contributed by atoms with E-state index in [0.717, 1.165) is 38.6 Å². The normalized spacial score (nSPS) is 37.3. The van der Waals surface area contributed by atoms with E-state index in [4.69, 9.17) is 11.5 Å². The van der Waals surface area contributed by atoms with Crippen molar-refractivity contribution >= 4 is 11.9 Å². The monoisotopic (exact) mass is 322 g/mol. The van der Waals surface area contributed by atoms with Gasteiger partial charge in [-0.15, -0.1) is 0 Å². The third kappa shape index (κ3) is 3.62.